The molecule has 0 unspecified atom stereocenters. The van der Waals surface area contributed by atoms with E-state index in [1.807, 2.05) is 25.1 Å². The summed E-state index contributed by atoms with van der Waals surface area (Å²) < 4.78 is 33.5. The number of piperidine rings is 1. The summed E-state index contributed by atoms with van der Waals surface area (Å²) in [5.41, 5.74) is 2.08. The molecule has 0 bridgehead atoms. The lowest BCUT2D eigenvalue weighted by atomic mass is 9.96. The Balaban J connectivity index is 0.000000318. The second-order valence-corrected chi connectivity index (χ2v) is 8.29. The molecule has 2 atom stereocenters. The summed E-state index contributed by atoms with van der Waals surface area (Å²) in [6, 6.07) is 0.690. The fraction of sp³-hybridized carbons (Fsp3) is 0.556. The Bertz CT molecular complexity index is 913. The molecule has 30 heavy (non-hydrogen) atoms. The van der Waals surface area contributed by atoms with Crippen molar-refractivity contribution in [3.8, 4) is 0 Å². The van der Waals surface area contributed by atoms with Crippen molar-refractivity contribution in [2.24, 2.45) is 7.05 Å². The van der Waals surface area contributed by atoms with Crippen molar-refractivity contribution in [2.75, 3.05) is 11.4 Å². The second kappa shape index (κ2) is 8.72. The Labute approximate surface area is 174 Å². The fourth-order valence-corrected chi connectivity index (χ4v) is 4.51. The molecule has 12 heteroatoms. The van der Waals surface area contributed by atoms with Gasteiger partial charge >= 0.3 is 12.1 Å². The van der Waals surface area contributed by atoms with Crippen molar-refractivity contribution in [3.05, 3.63) is 28.5 Å². The van der Waals surface area contributed by atoms with E-state index in [4.69, 9.17) is 9.90 Å². The Morgan fingerprint density at radius 1 is 1.33 bits per heavy atom. The molecule has 0 saturated carbocycles. The van der Waals surface area contributed by atoms with E-state index in [1.54, 1.807) is 22.2 Å². The normalized spacial score (nSPS) is 21.9. The Kier molecular flexibility index (Phi) is 6.46. The van der Waals surface area contributed by atoms with Crippen LogP contribution in [0.2, 0.25) is 0 Å². The van der Waals surface area contributed by atoms with Crippen LogP contribution in [0.15, 0.2) is 17.8 Å². The largest absolute Gasteiger partial charge is 0.490 e. The van der Waals surface area contributed by atoms with Gasteiger partial charge in [0.2, 0.25) is 5.91 Å². The van der Waals surface area contributed by atoms with Crippen LogP contribution in [0.3, 0.4) is 0 Å². The minimum atomic E-state index is -5.08. The molecule has 4 heterocycles. The molecule has 0 spiro atoms. The molecule has 2 saturated heterocycles. The number of amides is 1. The summed E-state index contributed by atoms with van der Waals surface area (Å²) >= 11 is 1.70. The van der Waals surface area contributed by atoms with E-state index < -0.39 is 12.1 Å². The van der Waals surface area contributed by atoms with Gasteiger partial charge < -0.3 is 10.0 Å². The summed E-state index contributed by atoms with van der Waals surface area (Å²) in [5, 5.41) is 14.6. The number of nitrogens with zero attached hydrogens (tertiary/aromatic N) is 5. The number of hydrogen-bond donors (Lipinski definition) is 1. The molecule has 0 aromatic carbocycles. The number of hydrogen-bond acceptors (Lipinski definition) is 6. The van der Waals surface area contributed by atoms with E-state index in [9.17, 15) is 18.0 Å². The van der Waals surface area contributed by atoms with E-state index in [1.165, 1.54) is 0 Å². The smallest absolute Gasteiger partial charge is 0.475 e. The maximum absolute atomic E-state index is 12.5. The van der Waals surface area contributed by atoms with E-state index in [2.05, 4.69) is 20.4 Å². The highest BCUT2D eigenvalue weighted by Gasteiger charge is 2.44. The summed E-state index contributed by atoms with van der Waals surface area (Å²) in [7, 11) is 1.89. The summed E-state index contributed by atoms with van der Waals surface area (Å²) in [6.45, 7) is 3.96. The SMILES string of the molecule is Cc1nc(CN2CC[C@H]3[C@@H]2CCC(=O)N3c2cnn(C)c2)cs1.O=C(O)C(F)(F)F. The molecule has 4 rings (SSSR count). The number of anilines is 1. The first-order valence-electron chi connectivity index (χ1n) is 9.32. The number of rotatable bonds is 3. The summed E-state index contributed by atoms with van der Waals surface area (Å²) in [6.07, 6.45) is 1.24. The van der Waals surface area contributed by atoms with Crippen molar-refractivity contribution < 1.29 is 27.9 Å². The molecule has 2 aliphatic heterocycles. The van der Waals surface area contributed by atoms with Crippen LogP contribution < -0.4 is 4.90 Å². The van der Waals surface area contributed by atoms with Gasteiger partial charge in [-0.15, -0.1) is 11.3 Å². The van der Waals surface area contributed by atoms with Crippen LogP contribution in [0, 0.1) is 6.92 Å². The standard InChI is InChI=1S/C16H21N5OS.C2HF3O2/c1-11-18-12(10-23-11)8-20-6-5-15-14(20)3-4-16(22)21(15)13-7-17-19(2)9-13;3-2(4,5)1(6)7/h7,9-10,14-15H,3-6,8H2,1-2H3;(H,6,7)/t14-,15-;/m0./s1. The topological polar surface area (TPSA) is 91.6 Å². The van der Waals surface area contributed by atoms with Crippen molar-refractivity contribution in [1.29, 1.82) is 0 Å². The van der Waals surface area contributed by atoms with Crippen LogP contribution in [0.1, 0.15) is 30.0 Å². The van der Waals surface area contributed by atoms with Crippen molar-refractivity contribution >= 4 is 28.9 Å². The quantitative estimate of drug-likeness (QED) is 0.781. The first-order valence-corrected chi connectivity index (χ1v) is 10.2. The molecular weight excluding hydrogens is 423 g/mol. The predicted molar refractivity (Wildman–Crippen MR) is 103 cm³/mol. The third kappa shape index (κ3) is 4.98. The number of thiazole rings is 1. The van der Waals surface area contributed by atoms with Crippen molar-refractivity contribution in [2.45, 2.75) is 51.0 Å². The zero-order valence-electron chi connectivity index (χ0n) is 16.5. The maximum atomic E-state index is 12.5. The van der Waals surface area contributed by atoms with Crippen molar-refractivity contribution in [1.82, 2.24) is 19.7 Å². The van der Waals surface area contributed by atoms with E-state index in [0.717, 1.165) is 42.3 Å². The van der Waals surface area contributed by atoms with Gasteiger partial charge in [0.15, 0.2) is 0 Å². The second-order valence-electron chi connectivity index (χ2n) is 7.23. The Morgan fingerprint density at radius 2 is 2.03 bits per heavy atom. The third-order valence-electron chi connectivity index (χ3n) is 5.12. The molecule has 1 amide bonds. The molecule has 2 aromatic heterocycles. The van der Waals surface area contributed by atoms with Gasteiger partial charge in [0, 0.05) is 44.2 Å². The molecule has 1 N–H and O–H groups in total. The lowest BCUT2D eigenvalue weighted by Crippen LogP contribution is -2.52. The van der Waals surface area contributed by atoms with Gasteiger partial charge in [0.25, 0.3) is 0 Å². The highest BCUT2D eigenvalue weighted by Crippen LogP contribution is 2.35. The lowest BCUT2D eigenvalue weighted by Gasteiger charge is -2.39. The molecule has 0 aliphatic carbocycles. The number of alkyl halides is 3. The van der Waals surface area contributed by atoms with Gasteiger partial charge in [-0.25, -0.2) is 9.78 Å². The number of carboxylic acid groups (broad SMARTS) is 1. The van der Waals surface area contributed by atoms with Crippen LogP contribution in [0.4, 0.5) is 18.9 Å². The Hall–Kier alpha value is -2.47. The number of carboxylic acids is 1. The van der Waals surface area contributed by atoms with Gasteiger partial charge in [0.1, 0.15) is 0 Å². The average Bonchev–Trinajstić information content (AvgIpc) is 3.36. The molecule has 164 valence electrons. The van der Waals surface area contributed by atoms with Crippen molar-refractivity contribution in [3.63, 3.8) is 0 Å². The van der Waals surface area contributed by atoms with Gasteiger partial charge in [-0.05, 0) is 19.8 Å². The summed E-state index contributed by atoms with van der Waals surface area (Å²) in [5.74, 6) is -2.53. The van der Waals surface area contributed by atoms with Crippen LogP contribution in [-0.4, -0.2) is 61.5 Å². The lowest BCUT2D eigenvalue weighted by molar-refractivity contribution is -0.192. The van der Waals surface area contributed by atoms with Gasteiger partial charge in [0.05, 0.1) is 28.6 Å². The molecule has 2 fully saturated rings. The minimum Gasteiger partial charge on any atom is -0.475 e. The third-order valence-corrected chi connectivity index (χ3v) is 5.95. The predicted octanol–water partition coefficient (Wildman–Crippen LogP) is 2.59. The average molecular weight is 445 g/mol. The zero-order valence-corrected chi connectivity index (χ0v) is 17.3. The van der Waals surface area contributed by atoms with Crippen LogP contribution in [-0.2, 0) is 23.2 Å². The van der Waals surface area contributed by atoms with Gasteiger partial charge in [-0.3, -0.25) is 14.4 Å². The number of halogens is 3. The molecule has 8 nitrogen and oxygen atoms in total. The number of carbonyl (C=O) groups is 2. The minimum absolute atomic E-state index is 0.227. The van der Waals surface area contributed by atoms with Crippen LogP contribution in [0.5, 0.6) is 0 Å². The van der Waals surface area contributed by atoms with E-state index in [0.29, 0.717) is 12.5 Å². The Morgan fingerprint density at radius 3 is 2.57 bits per heavy atom. The van der Waals surface area contributed by atoms with Gasteiger partial charge in [-0.1, -0.05) is 0 Å². The number of fused-ring (bicyclic) bond motifs is 1. The number of aryl methyl sites for hydroxylation is 2. The first-order chi connectivity index (χ1) is 14.1. The zero-order chi connectivity index (χ0) is 22.1. The van der Waals surface area contributed by atoms with Crippen LogP contribution in [0.25, 0.3) is 0 Å². The molecule has 2 aliphatic rings. The van der Waals surface area contributed by atoms with E-state index >= 15 is 0 Å². The highest BCUT2D eigenvalue weighted by molar-refractivity contribution is 7.09. The number of carbonyl (C=O) groups excluding carboxylic acids is 1. The monoisotopic (exact) mass is 445 g/mol. The maximum Gasteiger partial charge on any atom is 0.490 e. The van der Waals surface area contributed by atoms with Gasteiger partial charge in [-0.2, -0.15) is 18.3 Å². The highest BCUT2D eigenvalue weighted by atomic mass is 32.1. The number of aliphatic carboxylic acids is 1. The van der Waals surface area contributed by atoms with Crippen LogP contribution >= 0.6 is 11.3 Å². The number of likely N-dealkylation sites (tertiary alicyclic amines) is 1. The fourth-order valence-electron chi connectivity index (χ4n) is 3.91. The molecular formula is C18H22F3N5O3S. The van der Waals surface area contributed by atoms with E-state index in [-0.39, 0.29) is 11.9 Å². The summed E-state index contributed by atoms with van der Waals surface area (Å²) in [4.78, 5) is 30.4. The molecule has 2 aromatic rings. The first kappa shape index (κ1) is 22.2. The number of aromatic nitrogens is 3. The molecule has 0 radical (unpaired) electrons.